The van der Waals surface area contributed by atoms with E-state index < -0.39 is 18.0 Å². The number of rotatable bonds is 11. The largest absolute Gasteiger partial charge is 0.481 e. The fourth-order valence-electron chi connectivity index (χ4n) is 4.52. The maximum atomic E-state index is 13.0. The van der Waals surface area contributed by atoms with E-state index in [0.29, 0.717) is 25.3 Å². The van der Waals surface area contributed by atoms with E-state index in [1.807, 2.05) is 17.5 Å². The molecule has 8 nitrogen and oxygen atoms in total. The average molecular weight is 484 g/mol. The monoisotopic (exact) mass is 483 g/mol. The van der Waals surface area contributed by atoms with Crippen LogP contribution in [-0.2, 0) is 14.4 Å². The van der Waals surface area contributed by atoms with Crippen molar-refractivity contribution in [1.29, 1.82) is 0 Å². The van der Waals surface area contributed by atoms with E-state index in [2.05, 4.69) is 10.6 Å². The van der Waals surface area contributed by atoms with Crippen molar-refractivity contribution in [3.63, 3.8) is 0 Å². The Bertz CT molecular complexity index is 755. The molecule has 0 aromatic carbocycles. The van der Waals surface area contributed by atoms with Gasteiger partial charge in [-0.2, -0.15) is 0 Å². The molecule has 2 aliphatic rings. The van der Waals surface area contributed by atoms with Gasteiger partial charge in [-0.25, -0.2) is 0 Å². The van der Waals surface area contributed by atoms with Crippen LogP contribution in [-0.4, -0.2) is 77.5 Å². The van der Waals surface area contributed by atoms with Crippen molar-refractivity contribution in [3.05, 3.63) is 22.4 Å². The summed E-state index contributed by atoms with van der Waals surface area (Å²) < 4.78 is 0. The standard InChI is InChI=1S/C22H33N3O5S2/c26-20(27)13-25-12-19(18-5-3-11-31-18)32-14-17(21(25)28)24-8-2-1-4-16(22(29)30)15-6-9-23-10-7-15/h3,5,11,15-17,19,23-24H,1-2,4,6-10,12-14H2,(H,26,27)(H,29,30). The first-order valence-electron chi connectivity index (χ1n) is 11.3. The van der Waals surface area contributed by atoms with Gasteiger partial charge in [-0.1, -0.05) is 12.5 Å². The van der Waals surface area contributed by atoms with E-state index in [9.17, 15) is 24.6 Å². The van der Waals surface area contributed by atoms with E-state index in [-0.39, 0.29) is 29.5 Å². The van der Waals surface area contributed by atoms with Gasteiger partial charge in [0.2, 0.25) is 5.91 Å². The summed E-state index contributed by atoms with van der Waals surface area (Å²) in [6.45, 7) is 2.48. The Balaban J connectivity index is 1.49. The van der Waals surface area contributed by atoms with Crippen LogP contribution in [0.5, 0.6) is 0 Å². The summed E-state index contributed by atoms with van der Waals surface area (Å²) in [6, 6.07) is 3.57. The molecule has 1 amide bonds. The number of unbranched alkanes of at least 4 members (excludes halogenated alkanes) is 1. The van der Waals surface area contributed by atoms with Gasteiger partial charge in [-0.05, 0) is 62.7 Å². The third kappa shape index (κ3) is 7.19. The highest BCUT2D eigenvalue weighted by atomic mass is 32.2. The zero-order chi connectivity index (χ0) is 22.9. The summed E-state index contributed by atoms with van der Waals surface area (Å²) in [4.78, 5) is 38.6. The minimum absolute atomic E-state index is 0.0754. The second-order valence-electron chi connectivity index (χ2n) is 8.48. The molecule has 2 saturated heterocycles. The molecule has 2 aliphatic heterocycles. The molecule has 0 radical (unpaired) electrons. The highest BCUT2D eigenvalue weighted by molar-refractivity contribution is 7.99. The first-order valence-corrected chi connectivity index (χ1v) is 13.2. The van der Waals surface area contributed by atoms with Crippen molar-refractivity contribution in [2.24, 2.45) is 11.8 Å². The summed E-state index contributed by atoms with van der Waals surface area (Å²) in [5.74, 6) is -1.36. The van der Waals surface area contributed by atoms with Crippen LogP contribution in [0, 0.1) is 11.8 Å². The molecule has 0 saturated carbocycles. The highest BCUT2D eigenvalue weighted by Crippen LogP contribution is 2.35. The number of thioether (sulfide) groups is 1. The maximum absolute atomic E-state index is 13.0. The molecule has 0 bridgehead atoms. The zero-order valence-electron chi connectivity index (χ0n) is 18.2. The second kappa shape index (κ2) is 12.6. The Morgan fingerprint density at radius 3 is 2.69 bits per heavy atom. The molecule has 0 spiro atoms. The lowest BCUT2D eigenvalue weighted by Gasteiger charge is -2.28. The number of piperidine rings is 1. The SMILES string of the molecule is O=C(O)CN1CC(c2cccs2)SCC(NCCCCC(C(=O)O)C2CCNCC2)C1=O. The third-order valence-corrected chi connectivity index (χ3v) is 8.72. The molecule has 1 aromatic rings. The number of carboxylic acids is 2. The maximum Gasteiger partial charge on any atom is 0.323 e. The smallest absolute Gasteiger partial charge is 0.323 e. The van der Waals surface area contributed by atoms with Crippen LogP contribution in [0.2, 0.25) is 0 Å². The van der Waals surface area contributed by atoms with Gasteiger partial charge in [0.1, 0.15) is 6.54 Å². The topological polar surface area (TPSA) is 119 Å². The third-order valence-electron chi connectivity index (χ3n) is 6.25. The van der Waals surface area contributed by atoms with Gasteiger partial charge in [0.05, 0.1) is 17.2 Å². The van der Waals surface area contributed by atoms with Crippen LogP contribution in [0.4, 0.5) is 0 Å². The van der Waals surface area contributed by atoms with Gasteiger partial charge >= 0.3 is 11.9 Å². The van der Waals surface area contributed by atoms with Gasteiger partial charge < -0.3 is 25.7 Å². The Kier molecular flexibility index (Phi) is 9.83. The van der Waals surface area contributed by atoms with Gasteiger partial charge in [-0.15, -0.1) is 23.1 Å². The fraction of sp³-hybridized carbons (Fsp3) is 0.682. The second-order valence-corrected chi connectivity index (χ2v) is 10.7. The van der Waals surface area contributed by atoms with E-state index in [0.717, 1.165) is 43.6 Å². The van der Waals surface area contributed by atoms with E-state index in [1.165, 1.54) is 4.90 Å². The van der Waals surface area contributed by atoms with E-state index in [1.54, 1.807) is 23.1 Å². The average Bonchev–Trinajstić information content (AvgIpc) is 3.26. The number of nitrogens with zero attached hydrogens (tertiary/aromatic N) is 1. The number of amides is 1. The molecule has 4 N–H and O–H groups in total. The Morgan fingerprint density at radius 1 is 1.25 bits per heavy atom. The molecular formula is C22H33N3O5S2. The summed E-state index contributed by atoms with van der Waals surface area (Å²) in [5, 5.41) is 27.5. The molecule has 32 heavy (non-hydrogen) atoms. The molecule has 178 valence electrons. The quantitative estimate of drug-likeness (QED) is 0.354. The Morgan fingerprint density at radius 2 is 2.03 bits per heavy atom. The number of thiophene rings is 1. The van der Waals surface area contributed by atoms with Crippen LogP contribution in [0.25, 0.3) is 0 Å². The molecule has 3 heterocycles. The Hall–Kier alpha value is -1.62. The van der Waals surface area contributed by atoms with Crippen molar-refractivity contribution in [2.75, 3.05) is 38.5 Å². The van der Waals surface area contributed by atoms with Crippen molar-refractivity contribution in [1.82, 2.24) is 15.5 Å². The first kappa shape index (κ1) is 25.0. The van der Waals surface area contributed by atoms with Gasteiger partial charge in [0.15, 0.2) is 0 Å². The number of nitrogens with one attached hydrogen (secondary N) is 2. The molecule has 3 atom stereocenters. The zero-order valence-corrected chi connectivity index (χ0v) is 19.8. The molecule has 10 heteroatoms. The lowest BCUT2D eigenvalue weighted by molar-refractivity contribution is -0.145. The number of carbonyl (C=O) groups is 3. The summed E-state index contributed by atoms with van der Waals surface area (Å²) in [7, 11) is 0. The first-order chi connectivity index (χ1) is 15.5. The van der Waals surface area contributed by atoms with Crippen LogP contribution in [0.1, 0.15) is 42.2 Å². The van der Waals surface area contributed by atoms with Crippen molar-refractivity contribution >= 4 is 40.9 Å². The normalized spacial score (nSPS) is 23.6. The molecule has 1 aromatic heterocycles. The van der Waals surface area contributed by atoms with Crippen LogP contribution in [0.3, 0.4) is 0 Å². The number of hydrogen-bond donors (Lipinski definition) is 4. The van der Waals surface area contributed by atoms with E-state index >= 15 is 0 Å². The number of hydrogen-bond acceptors (Lipinski definition) is 7. The minimum atomic E-state index is -1.01. The van der Waals surface area contributed by atoms with Crippen LogP contribution >= 0.6 is 23.1 Å². The van der Waals surface area contributed by atoms with E-state index in [4.69, 9.17) is 0 Å². The predicted octanol–water partition coefficient (Wildman–Crippen LogP) is 2.28. The summed E-state index contributed by atoms with van der Waals surface area (Å²) >= 11 is 3.31. The molecular weight excluding hydrogens is 450 g/mol. The van der Waals surface area contributed by atoms with Crippen LogP contribution in [0.15, 0.2) is 17.5 Å². The summed E-state index contributed by atoms with van der Waals surface area (Å²) in [5.41, 5.74) is 0. The number of aliphatic carboxylic acids is 2. The lowest BCUT2D eigenvalue weighted by atomic mass is 9.82. The van der Waals surface area contributed by atoms with Gasteiger partial charge in [0.25, 0.3) is 0 Å². The van der Waals surface area contributed by atoms with Crippen molar-refractivity contribution in [2.45, 2.75) is 43.4 Å². The van der Waals surface area contributed by atoms with Crippen molar-refractivity contribution < 1.29 is 24.6 Å². The number of carboxylic acid groups (broad SMARTS) is 2. The molecule has 0 aliphatic carbocycles. The van der Waals surface area contributed by atoms with Crippen LogP contribution < -0.4 is 10.6 Å². The molecule has 3 rings (SSSR count). The highest BCUT2D eigenvalue weighted by Gasteiger charge is 2.33. The van der Waals surface area contributed by atoms with Crippen molar-refractivity contribution in [3.8, 4) is 0 Å². The van der Waals surface area contributed by atoms with Gasteiger partial charge in [0, 0.05) is 17.2 Å². The Labute approximate surface area is 197 Å². The lowest BCUT2D eigenvalue weighted by Crippen LogP contribution is -2.48. The molecule has 3 unspecified atom stereocenters. The summed E-state index contributed by atoms with van der Waals surface area (Å²) in [6.07, 6.45) is 4.05. The fourth-order valence-corrected chi connectivity index (χ4v) is 6.80. The predicted molar refractivity (Wildman–Crippen MR) is 126 cm³/mol. The van der Waals surface area contributed by atoms with Gasteiger partial charge in [-0.3, -0.25) is 14.4 Å². The number of carbonyl (C=O) groups excluding carboxylic acids is 1. The molecule has 2 fully saturated rings. The minimum Gasteiger partial charge on any atom is -0.481 e.